The lowest BCUT2D eigenvalue weighted by Crippen LogP contribution is -2.29. The topological polar surface area (TPSA) is 43.8 Å². The number of nitrogens with zero attached hydrogens (tertiary/aromatic N) is 2. The quantitative estimate of drug-likeness (QED) is 0.891. The Labute approximate surface area is 113 Å². The Morgan fingerprint density at radius 2 is 1.94 bits per heavy atom. The largest absolute Gasteiger partial charge is 0.508 e. The lowest BCUT2D eigenvalue weighted by Gasteiger charge is -2.19. The molecule has 1 rings (SSSR count). The number of phenolic OH excluding ortho intramolecular Hbond substituents is 1. The molecule has 0 aliphatic carbocycles. The van der Waals surface area contributed by atoms with Gasteiger partial charge in [0.2, 0.25) is 0 Å². The molecule has 4 nitrogen and oxygen atoms in total. The fourth-order valence-electron chi connectivity index (χ4n) is 1.61. The van der Waals surface area contributed by atoms with E-state index in [-0.39, 0.29) is 11.7 Å². The number of rotatable bonds is 5. The summed E-state index contributed by atoms with van der Waals surface area (Å²) >= 11 is 5.95. The van der Waals surface area contributed by atoms with Crippen LogP contribution in [0.4, 0.5) is 0 Å². The molecule has 0 atom stereocenters. The molecule has 1 N–H and O–H groups in total. The third-order valence-electron chi connectivity index (χ3n) is 2.63. The number of halogens is 1. The zero-order chi connectivity index (χ0) is 13.7. The van der Waals surface area contributed by atoms with Crippen molar-refractivity contribution in [2.24, 2.45) is 0 Å². The molecule has 1 amide bonds. The molecule has 0 bridgehead atoms. The van der Waals surface area contributed by atoms with Gasteiger partial charge >= 0.3 is 0 Å². The molecule has 0 fully saturated rings. The fourth-order valence-corrected chi connectivity index (χ4v) is 1.81. The zero-order valence-corrected chi connectivity index (χ0v) is 11.7. The molecule has 1 aromatic carbocycles. The van der Waals surface area contributed by atoms with E-state index in [1.54, 1.807) is 11.9 Å². The first-order valence-corrected chi connectivity index (χ1v) is 6.18. The van der Waals surface area contributed by atoms with Gasteiger partial charge in [-0.05, 0) is 45.3 Å². The van der Waals surface area contributed by atoms with Crippen molar-refractivity contribution in [3.63, 3.8) is 0 Å². The van der Waals surface area contributed by atoms with Crippen molar-refractivity contribution >= 4 is 17.5 Å². The van der Waals surface area contributed by atoms with Gasteiger partial charge in [-0.2, -0.15) is 0 Å². The Morgan fingerprint density at radius 1 is 1.28 bits per heavy atom. The van der Waals surface area contributed by atoms with Gasteiger partial charge in [0.1, 0.15) is 5.75 Å². The highest BCUT2D eigenvalue weighted by Crippen LogP contribution is 2.22. The highest BCUT2D eigenvalue weighted by atomic mass is 35.5. The van der Waals surface area contributed by atoms with Crippen LogP contribution >= 0.6 is 11.6 Å². The maximum Gasteiger partial charge on any atom is 0.255 e. The molecule has 100 valence electrons. The van der Waals surface area contributed by atoms with Crippen LogP contribution < -0.4 is 0 Å². The van der Waals surface area contributed by atoms with E-state index in [1.807, 2.05) is 14.1 Å². The number of hydrogen-bond acceptors (Lipinski definition) is 3. The van der Waals surface area contributed by atoms with E-state index in [0.29, 0.717) is 17.1 Å². The average Bonchev–Trinajstić information content (AvgIpc) is 2.30. The predicted molar refractivity (Wildman–Crippen MR) is 73.2 cm³/mol. The second-order valence-corrected chi connectivity index (χ2v) is 4.95. The number of benzene rings is 1. The van der Waals surface area contributed by atoms with Crippen LogP contribution in [0.2, 0.25) is 5.02 Å². The Bertz CT molecular complexity index is 421. The molecule has 0 spiro atoms. The van der Waals surface area contributed by atoms with Crippen LogP contribution in [-0.4, -0.2) is 55.0 Å². The van der Waals surface area contributed by atoms with Crippen LogP contribution in [0.1, 0.15) is 16.8 Å². The first kappa shape index (κ1) is 14.8. The van der Waals surface area contributed by atoms with E-state index in [1.165, 1.54) is 18.2 Å². The van der Waals surface area contributed by atoms with Gasteiger partial charge in [-0.15, -0.1) is 0 Å². The van der Waals surface area contributed by atoms with E-state index in [0.717, 1.165) is 13.0 Å². The molecule has 0 aliphatic heterocycles. The van der Waals surface area contributed by atoms with Gasteiger partial charge in [-0.3, -0.25) is 4.79 Å². The first-order valence-electron chi connectivity index (χ1n) is 5.80. The summed E-state index contributed by atoms with van der Waals surface area (Å²) in [6.45, 7) is 1.58. The second-order valence-electron chi connectivity index (χ2n) is 4.55. The van der Waals surface area contributed by atoms with E-state index in [4.69, 9.17) is 11.6 Å². The number of carbonyl (C=O) groups is 1. The average molecular weight is 271 g/mol. The van der Waals surface area contributed by atoms with Crippen molar-refractivity contribution in [2.45, 2.75) is 6.42 Å². The molecule has 0 saturated heterocycles. The van der Waals surface area contributed by atoms with Crippen molar-refractivity contribution in [2.75, 3.05) is 34.2 Å². The van der Waals surface area contributed by atoms with Gasteiger partial charge in [0.15, 0.2) is 0 Å². The maximum atomic E-state index is 12.1. The minimum Gasteiger partial charge on any atom is -0.508 e. The Hall–Kier alpha value is -1.26. The molecule has 1 aromatic rings. The standard InChI is InChI=1S/C13H19ClN2O2/c1-15(2)7-4-8-16(3)13(18)11-9-10(17)5-6-12(11)14/h5-6,9,17H,4,7-8H2,1-3H3. The van der Waals surface area contributed by atoms with Crippen molar-refractivity contribution < 1.29 is 9.90 Å². The fraction of sp³-hybridized carbons (Fsp3) is 0.462. The van der Waals surface area contributed by atoms with Gasteiger partial charge in [-0.25, -0.2) is 0 Å². The molecule has 5 heteroatoms. The molecule has 0 unspecified atom stereocenters. The number of carbonyl (C=O) groups excluding carboxylic acids is 1. The first-order chi connectivity index (χ1) is 8.41. The van der Waals surface area contributed by atoms with Gasteiger partial charge in [0.25, 0.3) is 5.91 Å². The van der Waals surface area contributed by atoms with Crippen LogP contribution in [-0.2, 0) is 0 Å². The van der Waals surface area contributed by atoms with E-state index < -0.39 is 0 Å². The summed E-state index contributed by atoms with van der Waals surface area (Å²) in [5.41, 5.74) is 0.337. The van der Waals surface area contributed by atoms with Crippen molar-refractivity contribution in [1.82, 2.24) is 9.80 Å². The minimum atomic E-state index is -0.172. The molecule has 0 saturated carbocycles. The summed E-state index contributed by atoms with van der Waals surface area (Å²) in [4.78, 5) is 15.8. The summed E-state index contributed by atoms with van der Waals surface area (Å²) in [7, 11) is 5.72. The Kier molecular flexibility index (Phi) is 5.44. The lowest BCUT2D eigenvalue weighted by atomic mass is 10.2. The van der Waals surface area contributed by atoms with Crippen LogP contribution in [0, 0.1) is 0 Å². The molecule has 0 aromatic heterocycles. The smallest absolute Gasteiger partial charge is 0.255 e. The van der Waals surface area contributed by atoms with Crippen molar-refractivity contribution in [1.29, 1.82) is 0 Å². The van der Waals surface area contributed by atoms with Crippen molar-refractivity contribution in [3.8, 4) is 5.75 Å². The number of amides is 1. The summed E-state index contributed by atoms with van der Waals surface area (Å²) in [6, 6.07) is 4.38. The Morgan fingerprint density at radius 3 is 2.56 bits per heavy atom. The van der Waals surface area contributed by atoms with Gasteiger partial charge in [0, 0.05) is 13.6 Å². The van der Waals surface area contributed by atoms with E-state index >= 15 is 0 Å². The van der Waals surface area contributed by atoms with Crippen LogP contribution in [0.25, 0.3) is 0 Å². The molecular formula is C13H19ClN2O2. The predicted octanol–water partition coefficient (Wildman–Crippen LogP) is 2.07. The summed E-state index contributed by atoms with van der Waals surface area (Å²) in [5, 5.41) is 9.74. The molecular weight excluding hydrogens is 252 g/mol. The third kappa shape index (κ3) is 4.20. The van der Waals surface area contributed by atoms with Gasteiger partial charge < -0.3 is 14.9 Å². The molecule has 0 aliphatic rings. The number of phenols is 1. The van der Waals surface area contributed by atoms with Gasteiger partial charge in [-0.1, -0.05) is 11.6 Å². The number of hydrogen-bond donors (Lipinski definition) is 1. The second kappa shape index (κ2) is 6.61. The van der Waals surface area contributed by atoms with Crippen LogP contribution in [0.3, 0.4) is 0 Å². The van der Waals surface area contributed by atoms with Gasteiger partial charge in [0.05, 0.1) is 10.6 Å². The van der Waals surface area contributed by atoms with Crippen LogP contribution in [0.15, 0.2) is 18.2 Å². The molecule has 18 heavy (non-hydrogen) atoms. The summed E-state index contributed by atoms with van der Waals surface area (Å²) < 4.78 is 0. The molecule has 0 heterocycles. The lowest BCUT2D eigenvalue weighted by molar-refractivity contribution is 0.0790. The molecule has 0 radical (unpaired) electrons. The normalized spacial score (nSPS) is 10.7. The highest BCUT2D eigenvalue weighted by Gasteiger charge is 2.15. The Balaban J connectivity index is 2.65. The zero-order valence-electron chi connectivity index (χ0n) is 11.0. The highest BCUT2D eigenvalue weighted by molar-refractivity contribution is 6.33. The monoisotopic (exact) mass is 270 g/mol. The third-order valence-corrected chi connectivity index (χ3v) is 2.96. The SMILES string of the molecule is CN(C)CCCN(C)C(=O)c1cc(O)ccc1Cl. The van der Waals surface area contributed by atoms with Crippen LogP contribution in [0.5, 0.6) is 5.75 Å². The van der Waals surface area contributed by atoms with Crippen molar-refractivity contribution in [3.05, 3.63) is 28.8 Å². The summed E-state index contributed by atoms with van der Waals surface area (Å²) in [5.74, 6) is -0.126. The maximum absolute atomic E-state index is 12.1. The van der Waals surface area contributed by atoms with E-state index in [9.17, 15) is 9.90 Å². The number of aromatic hydroxyl groups is 1. The van der Waals surface area contributed by atoms with E-state index in [2.05, 4.69) is 4.90 Å². The minimum absolute atomic E-state index is 0.0458. The summed E-state index contributed by atoms with van der Waals surface area (Å²) in [6.07, 6.45) is 0.895.